The Balaban J connectivity index is 0.701. The number of nitrogens with zero attached hydrogens (tertiary/aromatic N) is 5. The maximum atomic E-state index is 13.9. The van der Waals surface area contributed by atoms with Crippen molar-refractivity contribution in [3.8, 4) is 11.5 Å². The standard InChI is InChI=1S/C50H61N10O22P3S2/c51-49-56-46-39(47(63)57-49)54-26-60(46)48-45(42(62)35(78-48)25-77-84(68,69)82-85(70,71)81-83(65,66)67)80-50(64)53-17-16-52-37(61)12-2-1-3-15-55-86(72,73)29-13-14-30(36(24-29)87(74,75)76)38-33-22-27-8-4-18-58-20-6-10-31(40(27)58)43(33)79-44-32-11-7-21-59-19-5-9-28(41(32)59)23-34(38)44/h13-14,22-24,26,35,42,45,48,55,62H,1-12,15-21,25H2,(H9-,51,52,53,56,57,61,63,64,65,66,67,68,69,70,71,74,75,76)/p+1/t35-,42-,45-,48-/m1/s1. The second-order valence-corrected chi connectivity index (χ2v) is 29.1. The zero-order chi connectivity index (χ0) is 62.0. The average molecular weight is 1310 g/mol. The van der Waals surface area contributed by atoms with Crippen LogP contribution in [-0.2, 0) is 86.9 Å². The largest absolute Gasteiger partial charge is 0.490 e. The van der Waals surface area contributed by atoms with E-state index in [9.17, 15) is 64.4 Å². The highest BCUT2D eigenvalue weighted by Gasteiger charge is 2.50. The fraction of sp³-hybridized carbons (Fsp3) is 0.480. The summed E-state index contributed by atoms with van der Waals surface area (Å²) in [5, 5.41) is 18.0. The van der Waals surface area contributed by atoms with E-state index in [0.717, 1.165) is 128 Å². The second kappa shape index (κ2) is 24.4. The number of imidazole rings is 1. The summed E-state index contributed by atoms with van der Waals surface area (Å²) in [6.07, 6.45) is 0.550. The molecular formula is C50H62N10O22P3S2+. The SMILES string of the molecule is Nc1nc2c(ncn2[C@@H]2O[C@H](COP(=O)(O)OP(=O)(O)OP(=O)(O)O)[C@@H](O)[C@H]2OC(=O)NCCNC(=O)CCCCCNS(=O)(=O)c2ccc(C3=c4cc5c6c(c4Oc4c3cc3c7c4CCCN7CCC3)CCC[N+]=6CCC5)c(S(=O)(=O)O)c2)c(=O)[nH]1. The van der Waals surface area contributed by atoms with Gasteiger partial charge < -0.3 is 60.2 Å². The van der Waals surface area contributed by atoms with Crippen LogP contribution in [0.15, 0.2) is 51.2 Å². The maximum Gasteiger partial charge on any atom is 0.490 e. The first kappa shape index (κ1) is 62.6. The highest BCUT2D eigenvalue weighted by atomic mass is 32.2. The van der Waals surface area contributed by atoms with Crippen LogP contribution in [0.5, 0.6) is 11.5 Å². The van der Waals surface area contributed by atoms with Crippen molar-refractivity contribution in [2.45, 2.75) is 111 Å². The minimum atomic E-state index is -5.92. The molecule has 8 heterocycles. The number of fused-ring (bicyclic) bond motifs is 5. The second-order valence-electron chi connectivity index (χ2n) is 21.6. The first-order chi connectivity index (χ1) is 41.1. The van der Waals surface area contributed by atoms with E-state index in [2.05, 4.69) is 65.1 Å². The van der Waals surface area contributed by atoms with E-state index < -0.39 is 97.2 Å². The molecular weight excluding hydrogens is 1250 g/mol. The van der Waals surface area contributed by atoms with Crippen LogP contribution >= 0.6 is 23.5 Å². The third kappa shape index (κ3) is 13.3. The smallest absolute Gasteiger partial charge is 0.455 e. The summed E-state index contributed by atoms with van der Waals surface area (Å²) in [6, 6.07) is 7.93. The number of phosphoric ester groups is 1. The Morgan fingerprint density at radius 2 is 1.57 bits per heavy atom. The number of carbonyl (C=O) groups excluding carboxylic acids is 2. The molecule has 3 aromatic carbocycles. The van der Waals surface area contributed by atoms with Gasteiger partial charge in [-0.25, -0.2) is 41.2 Å². The molecule has 2 unspecified atom stereocenters. The third-order valence-corrected chi connectivity index (χ3v) is 21.8. The van der Waals surface area contributed by atoms with Crippen molar-refractivity contribution in [3.05, 3.63) is 91.0 Å². The number of aliphatic hydroxyl groups excluding tert-OH is 1. The Kier molecular flexibility index (Phi) is 17.5. The van der Waals surface area contributed by atoms with E-state index in [1.165, 1.54) is 12.1 Å². The predicted molar refractivity (Wildman–Crippen MR) is 304 cm³/mol. The van der Waals surface area contributed by atoms with E-state index in [1.807, 2.05) is 0 Å². The number of ether oxygens (including phenoxy) is 3. The molecule has 11 rings (SSSR count). The van der Waals surface area contributed by atoms with Crippen molar-refractivity contribution in [1.82, 2.24) is 39.5 Å². The minimum absolute atomic E-state index is 0.00697. The first-order valence-corrected chi connectivity index (χ1v) is 35.2. The summed E-state index contributed by atoms with van der Waals surface area (Å²) in [5.74, 6) is 0.498. The Hall–Kier alpha value is -6.03. The number of rotatable bonds is 22. The molecule has 470 valence electrons. The molecule has 12 N–H and O–H groups in total. The van der Waals surface area contributed by atoms with Crippen LogP contribution in [0.4, 0.5) is 16.4 Å². The molecule has 0 spiro atoms. The first-order valence-electron chi connectivity index (χ1n) is 27.8. The summed E-state index contributed by atoms with van der Waals surface area (Å²) in [6.45, 7) is 2.06. The number of nitrogens with two attached hydrogens (primary N) is 1. The van der Waals surface area contributed by atoms with Crippen LogP contribution in [0.2, 0.25) is 0 Å². The molecule has 0 bridgehead atoms. The van der Waals surface area contributed by atoms with Gasteiger partial charge in [0.25, 0.3) is 15.7 Å². The third-order valence-electron chi connectivity index (χ3n) is 15.7. The number of nitrogens with one attached hydrogen (secondary N) is 4. The Morgan fingerprint density at radius 1 is 0.851 bits per heavy atom. The monoisotopic (exact) mass is 1310 g/mol. The zero-order valence-corrected chi connectivity index (χ0v) is 50.4. The number of phosphoric acid groups is 3. The molecule has 6 aliphatic heterocycles. The van der Waals surface area contributed by atoms with Crippen LogP contribution in [0.1, 0.15) is 91.0 Å². The summed E-state index contributed by atoms with van der Waals surface area (Å²) in [7, 11) is -26.7. The lowest BCUT2D eigenvalue weighted by Gasteiger charge is -2.39. The number of hydrogen-bond acceptors (Lipinski definition) is 21. The molecule has 0 radical (unpaired) electrons. The number of aliphatic hydroxyl groups is 1. The number of unbranched alkanes of at least 4 members (excludes halogenated alkanes) is 2. The van der Waals surface area contributed by atoms with E-state index in [0.29, 0.717) is 40.7 Å². The van der Waals surface area contributed by atoms with Gasteiger partial charge in [-0.05, 0) is 81.2 Å². The van der Waals surface area contributed by atoms with Gasteiger partial charge in [0.15, 0.2) is 23.5 Å². The van der Waals surface area contributed by atoms with Crippen LogP contribution in [0.3, 0.4) is 0 Å². The molecule has 37 heteroatoms. The van der Waals surface area contributed by atoms with Crippen molar-refractivity contribution >= 4 is 84.0 Å². The average Bonchev–Trinajstić information content (AvgIpc) is 1.56. The highest BCUT2D eigenvalue weighted by Crippen LogP contribution is 2.66. The van der Waals surface area contributed by atoms with Gasteiger partial charge in [0.1, 0.15) is 41.7 Å². The summed E-state index contributed by atoms with van der Waals surface area (Å²) < 4.78 is 137. The minimum Gasteiger partial charge on any atom is -0.455 e. The summed E-state index contributed by atoms with van der Waals surface area (Å²) >= 11 is 0. The van der Waals surface area contributed by atoms with Gasteiger partial charge in [-0.2, -0.15) is 22.0 Å². The molecule has 2 amide bonds. The zero-order valence-electron chi connectivity index (χ0n) is 46.1. The molecule has 2 aromatic heterocycles. The number of anilines is 2. The van der Waals surface area contributed by atoms with E-state index in [4.69, 9.17) is 29.7 Å². The number of benzene rings is 3. The number of aromatic nitrogens is 4. The van der Waals surface area contributed by atoms with Gasteiger partial charge in [0, 0.05) is 90.7 Å². The molecule has 5 aromatic rings. The van der Waals surface area contributed by atoms with Crippen molar-refractivity contribution < 1.29 is 96.7 Å². The van der Waals surface area contributed by atoms with Gasteiger partial charge >= 0.3 is 29.6 Å². The molecule has 1 saturated heterocycles. The molecule has 6 aliphatic rings. The number of aryl methyl sites for hydroxylation is 2. The van der Waals surface area contributed by atoms with Crippen molar-refractivity contribution in [2.24, 2.45) is 0 Å². The molecule has 0 saturated carbocycles. The van der Waals surface area contributed by atoms with Crippen molar-refractivity contribution in [1.29, 1.82) is 0 Å². The molecule has 6 atom stereocenters. The molecule has 0 aliphatic carbocycles. The van der Waals surface area contributed by atoms with Crippen LogP contribution in [-0.4, -0.2) is 148 Å². The Bertz CT molecular complexity index is 4210. The fourth-order valence-electron chi connectivity index (χ4n) is 12.2. The number of aromatic amines is 1. The lowest BCUT2D eigenvalue weighted by molar-refractivity contribution is -0.121. The van der Waals surface area contributed by atoms with E-state index in [-0.39, 0.29) is 60.0 Å². The summed E-state index contributed by atoms with van der Waals surface area (Å²) in [4.78, 5) is 87.1. The number of nitrogen functional groups attached to an aromatic ring is 1. The van der Waals surface area contributed by atoms with Gasteiger partial charge in [0.05, 0.1) is 23.4 Å². The normalized spacial score (nSPS) is 21.2. The van der Waals surface area contributed by atoms with Crippen molar-refractivity contribution in [2.75, 3.05) is 63.1 Å². The van der Waals surface area contributed by atoms with Gasteiger partial charge in [-0.15, -0.1) is 0 Å². The van der Waals surface area contributed by atoms with Crippen molar-refractivity contribution in [3.63, 3.8) is 0 Å². The number of alkyl carbamates (subject to hydrolysis) is 1. The van der Waals surface area contributed by atoms with Gasteiger partial charge in [0.2, 0.25) is 27.2 Å². The van der Waals surface area contributed by atoms with E-state index >= 15 is 0 Å². The number of amides is 2. The predicted octanol–water partition coefficient (Wildman–Crippen LogP) is 0.735. The molecule has 1 fully saturated rings. The topological polar surface area (TPSA) is 462 Å². The quantitative estimate of drug-likeness (QED) is 0.0193. The Labute approximate surface area is 495 Å². The fourth-order valence-corrected chi connectivity index (χ4v) is 17.1. The lowest BCUT2D eigenvalue weighted by Crippen LogP contribution is -2.45. The van der Waals surface area contributed by atoms with Crippen LogP contribution in [0.25, 0.3) is 16.7 Å². The maximum absolute atomic E-state index is 13.9. The summed E-state index contributed by atoms with van der Waals surface area (Å²) in [5.41, 5.74) is 11.3. The van der Waals surface area contributed by atoms with Crippen LogP contribution in [0, 0.1) is 0 Å². The lowest BCUT2D eigenvalue weighted by atomic mass is 9.82. The number of sulfonamides is 1. The molecule has 32 nitrogen and oxygen atoms in total. The highest BCUT2D eigenvalue weighted by molar-refractivity contribution is 7.89. The number of hydrogen-bond donors (Lipinski definition) is 11. The number of carbonyl (C=O) groups is 2. The molecule has 87 heavy (non-hydrogen) atoms. The Morgan fingerprint density at radius 3 is 2.33 bits per heavy atom. The number of H-pyrrole nitrogens is 1. The van der Waals surface area contributed by atoms with E-state index in [1.54, 1.807) is 0 Å². The van der Waals surface area contributed by atoms with Crippen LogP contribution < -0.4 is 51.4 Å². The van der Waals surface area contributed by atoms with Gasteiger partial charge in [-0.1, -0.05) is 12.5 Å². The van der Waals surface area contributed by atoms with Gasteiger partial charge in [-0.3, -0.25) is 28.2 Å².